The molecule has 28 heavy (non-hydrogen) atoms. The van der Waals surface area contributed by atoms with E-state index in [2.05, 4.69) is 4.99 Å². The van der Waals surface area contributed by atoms with Gasteiger partial charge in [-0.2, -0.15) is 0 Å². The van der Waals surface area contributed by atoms with E-state index >= 15 is 0 Å². The Kier molecular flexibility index (Phi) is 4.77. The molecule has 0 saturated carbocycles. The van der Waals surface area contributed by atoms with E-state index in [0.717, 1.165) is 17.5 Å². The molecule has 1 N–H and O–H groups in total. The number of aliphatic hydroxyl groups excluding tert-OH is 1. The fourth-order valence-electron chi connectivity index (χ4n) is 3.54. The number of carbonyl (C=O) groups excluding carboxylic acids is 1. The molecule has 0 bridgehead atoms. The Hall–Kier alpha value is -2.92. The van der Waals surface area contributed by atoms with Gasteiger partial charge in [0.1, 0.15) is 29.4 Å². The summed E-state index contributed by atoms with van der Waals surface area (Å²) in [4.78, 5) is 17.9. The fraction of sp³-hybridized carbons (Fsp3) is 0.304. The Bertz CT molecular complexity index is 970. The summed E-state index contributed by atoms with van der Waals surface area (Å²) in [6.45, 7) is 4.31. The summed E-state index contributed by atoms with van der Waals surface area (Å²) in [6, 6.07) is 14.9. The lowest BCUT2D eigenvalue weighted by molar-refractivity contribution is -0.110. The van der Waals surface area contributed by atoms with Crippen LogP contribution in [-0.2, 0) is 9.53 Å². The highest BCUT2D eigenvalue weighted by atomic mass is 16.5. The molecule has 1 aliphatic carbocycles. The van der Waals surface area contributed by atoms with Crippen molar-refractivity contribution in [3.63, 3.8) is 0 Å². The number of fused-ring (bicyclic) bond motifs is 2. The van der Waals surface area contributed by atoms with E-state index in [1.807, 2.05) is 38.1 Å². The first-order valence-corrected chi connectivity index (χ1v) is 9.47. The van der Waals surface area contributed by atoms with Crippen molar-refractivity contribution in [3.05, 3.63) is 65.2 Å². The molecule has 5 heteroatoms. The standard InChI is InChI=1S/C23H23NO4/c1-23(2)12-11-19-21(26)20(17-5-3-4-6-18(17)22(19)28-23)24-15-7-9-16(10-8-15)27-14-13-25/h3-10,25H,11-14H2,1-2H3/b24-20+. The molecule has 0 aromatic heterocycles. The SMILES string of the molecule is CC1(C)CCC2=C(O1)c1ccccc1/C(=N\c1ccc(OCCO)cc1)C2=O. The zero-order chi connectivity index (χ0) is 19.7. The number of carbonyl (C=O) groups is 1. The molecule has 2 aliphatic rings. The summed E-state index contributed by atoms with van der Waals surface area (Å²) in [5.41, 5.74) is 3.26. The van der Waals surface area contributed by atoms with Gasteiger partial charge in [0.05, 0.1) is 12.3 Å². The predicted octanol–water partition coefficient (Wildman–Crippen LogP) is 4.06. The van der Waals surface area contributed by atoms with E-state index in [1.54, 1.807) is 24.3 Å². The van der Waals surface area contributed by atoms with Crippen LogP contribution in [-0.4, -0.2) is 35.4 Å². The van der Waals surface area contributed by atoms with Crippen LogP contribution in [0.25, 0.3) is 5.76 Å². The number of rotatable bonds is 4. The van der Waals surface area contributed by atoms with Crippen molar-refractivity contribution in [2.24, 2.45) is 4.99 Å². The van der Waals surface area contributed by atoms with E-state index in [4.69, 9.17) is 14.6 Å². The lowest BCUT2D eigenvalue weighted by Gasteiger charge is -2.36. The van der Waals surface area contributed by atoms with E-state index in [1.165, 1.54) is 0 Å². The molecule has 144 valence electrons. The van der Waals surface area contributed by atoms with E-state index in [0.29, 0.717) is 34.9 Å². The predicted molar refractivity (Wildman–Crippen MR) is 108 cm³/mol. The maximum atomic E-state index is 13.2. The van der Waals surface area contributed by atoms with Crippen molar-refractivity contribution in [2.45, 2.75) is 32.3 Å². The van der Waals surface area contributed by atoms with Gasteiger partial charge in [-0.1, -0.05) is 24.3 Å². The number of hydrogen-bond acceptors (Lipinski definition) is 5. The van der Waals surface area contributed by atoms with Crippen LogP contribution < -0.4 is 4.74 Å². The van der Waals surface area contributed by atoms with Crippen molar-refractivity contribution in [2.75, 3.05) is 13.2 Å². The molecular formula is C23H23NO4. The minimum atomic E-state index is -0.286. The number of benzene rings is 2. The number of Topliss-reactive ketones (excluding diaryl/α,β-unsaturated/α-hetero) is 1. The molecule has 0 atom stereocenters. The van der Waals surface area contributed by atoms with Gasteiger partial charge >= 0.3 is 0 Å². The number of aliphatic hydroxyl groups is 1. The fourth-order valence-corrected chi connectivity index (χ4v) is 3.54. The molecular weight excluding hydrogens is 354 g/mol. The van der Waals surface area contributed by atoms with Gasteiger partial charge in [-0.15, -0.1) is 0 Å². The smallest absolute Gasteiger partial charge is 0.211 e. The number of ether oxygens (including phenoxy) is 2. The normalized spacial score (nSPS) is 19.1. The second kappa shape index (κ2) is 7.24. The van der Waals surface area contributed by atoms with Crippen molar-refractivity contribution < 1.29 is 19.4 Å². The molecule has 0 fully saturated rings. The molecule has 5 nitrogen and oxygen atoms in total. The highest BCUT2D eigenvalue weighted by Crippen LogP contribution is 2.41. The van der Waals surface area contributed by atoms with Crippen molar-refractivity contribution >= 4 is 22.9 Å². The summed E-state index contributed by atoms with van der Waals surface area (Å²) in [5.74, 6) is 1.29. The first-order valence-electron chi connectivity index (χ1n) is 9.47. The highest BCUT2D eigenvalue weighted by molar-refractivity contribution is 6.54. The van der Waals surface area contributed by atoms with Crippen LogP contribution in [0.4, 0.5) is 5.69 Å². The second-order valence-electron chi connectivity index (χ2n) is 7.57. The number of hydrogen-bond donors (Lipinski definition) is 1. The van der Waals surface area contributed by atoms with Gasteiger partial charge in [0, 0.05) is 16.7 Å². The quantitative estimate of drug-likeness (QED) is 0.872. The lowest BCUT2D eigenvalue weighted by Crippen LogP contribution is -2.34. The van der Waals surface area contributed by atoms with Crippen molar-refractivity contribution in [1.82, 2.24) is 0 Å². The van der Waals surface area contributed by atoms with Gasteiger partial charge in [0.2, 0.25) is 5.78 Å². The third kappa shape index (κ3) is 3.45. The van der Waals surface area contributed by atoms with Gasteiger partial charge < -0.3 is 14.6 Å². The summed E-state index contributed by atoms with van der Waals surface area (Å²) in [5, 5.41) is 8.85. The van der Waals surface area contributed by atoms with Crippen molar-refractivity contribution in [3.8, 4) is 5.75 Å². The highest BCUT2D eigenvalue weighted by Gasteiger charge is 2.38. The third-order valence-electron chi connectivity index (χ3n) is 4.98. The number of aliphatic imine (C=N–C) groups is 1. The van der Waals surface area contributed by atoms with Crippen LogP contribution in [0.5, 0.6) is 5.75 Å². The van der Waals surface area contributed by atoms with E-state index in [9.17, 15) is 4.79 Å². The van der Waals surface area contributed by atoms with Gasteiger partial charge in [0.25, 0.3) is 0 Å². The summed E-state index contributed by atoms with van der Waals surface area (Å²) >= 11 is 0. The Morgan fingerprint density at radius 3 is 2.54 bits per heavy atom. The number of allylic oxidation sites excluding steroid dienone is 1. The zero-order valence-electron chi connectivity index (χ0n) is 16.1. The second-order valence-corrected chi connectivity index (χ2v) is 7.57. The number of nitrogens with zero attached hydrogens (tertiary/aromatic N) is 1. The van der Waals surface area contributed by atoms with Gasteiger partial charge in [-0.25, -0.2) is 4.99 Å². The van der Waals surface area contributed by atoms with Crippen LogP contribution >= 0.6 is 0 Å². The molecule has 0 radical (unpaired) electrons. The van der Waals surface area contributed by atoms with E-state index in [-0.39, 0.29) is 24.6 Å². The van der Waals surface area contributed by atoms with Crippen LogP contribution in [0.3, 0.4) is 0 Å². The summed E-state index contributed by atoms with van der Waals surface area (Å²) in [7, 11) is 0. The monoisotopic (exact) mass is 377 g/mol. The Balaban J connectivity index is 1.74. The van der Waals surface area contributed by atoms with Crippen molar-refractivity contribution in [1.29, 1.82) is 0 Å². The maximum absolute atomic E-state index is 13.2. The van der Waals surface area contributed by atoms with Crippen LogP contribution in [0, 0.1) is 0 Å². The third-order valence-corrected chi connectivity index (χ3v) is 4.98. The first-order chi connectivity index (χ1) is 13.5. The Morgan fingerprint density at radius 1 is 1.11 bits per heavy atom. The average molecular weight is 377 g/mol. The molecule has 0 saturated heterocycles. The Morgan fingerprint density at radius 2 is 1.82 bits per heavy atom. The molecule has 0 spiro atoms. The average Bonchev–Trinajstić information content (AvgIpc) is 2.70. The molecule has 4 rings (SSSR count). The minimum absolute atomic E-state index is 0.0361. The molecule has 1 heterocycles. The first kappa shape index (κ1) is 18.4. The van der Waals surface area contributed by atoms with Gasteiger partial charge in [-0.05, 0) is 51.0 Å². The maximum Gasteiger partial charge on any atom is 0.211 e. The molecule has 1 aliphatic heterocycles. The van der Waals surface area contributed by atoms with Crippen LogP contribution in [0.2, 0.25) is 0 Å². The van der Waals surface area contributed by atoms with Crippen LogP contribution in [0.15, 0.2) is 59.1 Å². The molecule has 2 aromatic rings. The lowest BCUT2D eigenvalue weighted by atomic mass is 9.82. The topological polar surface area (TPSA) is 68.1 Å². The largest absolute Gasteiger partial charge is 0.491 e. The molecule has 0 unspecified atom stereocenters. The van der Waals surface area contributed by atoms with Gasteiger partial charge in [-0.3, -0.25) is 4.79 Å². The van der Waals surface area contributed by atoms with Gasteiger partial charge in [0.15, 0.2) is 0 Å². The van der Waals surface area contributed by atoms with Crippen LogP contribution in [0.1, 0.15) is 37.8 Å². The minimum Gasteiger partial charge on any atom is -0.491 e. The summed E-state index contributed by atoms with van der Waals surface area (Å²) < 4.78 is 11.6. The zero-order valence-corrected chi connectivity index (χ0v) is 16.1. The van der Waals surface area contributed by atoms with E-state index < -0.39 is 0 Å². The molecule has 2 aromatic carbocycles. The molecule has 0 amide bonds. The summed E-state index contributed by atoms with van der Waals surface area (Å²) in [6.07, 6.45) is 1.48. The number of ketones is 1. The Labute approximate surface area is 164 Å².